The van der Waals surface area contributed by atoms with Crippen molar-refractivity contribution in [1.82, 2.24) is 4.90 Å². The van der Waals surface area contributed by atoms with Crippen molar-refractivity contribution in [3.63, 3.8) is 0 Å². The van der Waals surface area contributed by atoms with Gasteiger partial charge in [0, 0.05) is 18.7 Å². The van der Waals surface area contributed by atoms with E-state index in [-0.39, 0.29) is 0 Å². The molecule has 0 atom stereocenters. The highest BCUT2D eigenvalue weighted by atomic mass is 16.1. The Kier molecular flexibility index (Phi) is 2.54. The van der Waals surface area contributed by atoms with Crippen molar-refractivity contribution in [2.75, 3.05) is 20.1 Å². The summed E-state index contributed by atoms with van der Waals surface area (Å²) >= 11 is 0. The molecule has 0 amide bonds. The SMILES string of the molecule is C=NC1=C(C=O)CCN(C)C1. The van der Waals surface area contributed by atoms with Crippen LogP contribution in [0.4, 0.5) is 0 Å². The van der Waals surface area contributed by atoms with Gasteiger partial charge in [0.15, 0.2) is 0 Å². The van der Waals surface area contributed by atoms with Crippen molar-refractivity contribution in [2.24, 2.45) is 4.99 Å². The van der Waals surface area contributed by atoms with Gasteiger partial charge >= 0.3 is 0 Å². The second-order valence-corrected chi connectivity index (χ2v) is 2.74. The second-order valence-electron chi connectivity index (χ2n) is 2.74. The van der Waals surface area contributed by atoms with Crippen LogP contribution in [0.15, 0.2) is 16.3 Å². The van der Waals surface area contributed by atoms with Gasteiger partial charge in [-0.15, -0.1) is 0 Å². The molecule has 0 saturated heterocycles. The standard InChI is InChI=1S/C8H12N2O/c1-9-8-5-10(2)4-3-7(8)6-11/h6H,1,3-5H2,2H3. The van der Waals surface area contributed by atoms with Crippen LogP contribution in [0.5, 0.6) is 0 Å². The van der Waals surface area contributed by atoms with Crippen LogP contribution in [0.2, 0.25) is 0 Å². The molecule has 0 saturated carbocycles. The van der Waals surface area contributed by atoms with E-state index in [0.29, 0.717) is 0 Å². The van der Waals surface area contributed by atoms with Crippen LogP contribution in [-0.2, 0) is 4.79 Å². The van der Waals surface area contributed by atoms with E-state index in [1.54, 1.807) is 0 Å². The predicted molar refractivity (Wildman–Crippen MR) is 44.8 cm³/mol. The zero-order valence-corrected chi connectivity index (χ0v) is 6.71. The average Bonchev–Trinajstić information content (AvgIpc) is 2.04. The van der Waals surface area contributed by atoms with Gasteiger partial charge in [-0.2, -0.15) is 0 Å². The third kappa shape index (κ3) is 1.74. The number of likely N-dealkylation sites (N-methyl/N-ethyl adjacent to an activating group) is 1. The first-order valence-electron chi connectivity index (χ1n) is 3.60. The molecule has 1 aliphatic heterocycles. The van der Waals surface area contributed by atoms with Crippen molar-refractivity contribution in [1.29, 1.82) is 0 Å². The monoisotopic (exact) mass is 152 g/mol. The summed E-state index contributed by atoms with van der Waals surface area (Å²) in [6.45, 7) is 5.11. The Labute approximate surface area is 66.4 Å². The fourth-order valence-electron chi connectivity index (χ4n) is 1.17. The molecule has 0 unspecified atom stereocenters. The van der Waals surface area contributed by atoms with Crippen LogP contribution in [-0.4, -0.2) is 38.0 Å². The third-order valence-corrected chi connectivity index (χ3v) is 1.89. The highest BCUT2D eigenvalue weighted by Crippen LogP contribution is 2.14. The summed E-state index contributed by atoms with van der Waals surface area (Å²) in [5.41, 5.74) is 1.63. The zero-order valence-electron chi connectivity index (χ0n) is 6.71. The molecule has 0 N–H and O–H groups in total. The molecule has 11 heavy (non-hydrogen) atoms. The van der Waals surface area contributed by atoms with E-state index in [1.807, 2.05) is 7.05 Å². The highest BCUT2D eigenvalue weighted by molar-refractivity contribution is 5.75. The zero-order chi connectivity index (χ0) is 8.27. The van der Waals surface area contributed by atoms with Gasteiger partial charge < -0.3 is 4.90 Å². The molecule has 0 spiro atoms. The maximum absolute atomic E-state index is 10.5. The number of aliphatic imine (C=N–C) groups is 1. The molecule has 0 aromatic heterocycles. The second kappa shape index (κ2) is 3.44. The minimum Gasteiger partial charge on any atom is -0.300 e. The Morgan fingerprint density at radius 3 is 3.00 bits per heavy atom. The highest BCUT2D eigenvalue weighted by Gasteiger charge is 2.13. The lowest BCUT2D eigenvalue weighted by Gasteiger charge is -2.22. The summed E-state index contributed by atoms with van der Waals surface area (Å²) in [5, 5.41) is 0. The van der Waals surface area contributed by atoms with Crippen LogP contribution in [0.25, 0.3) is 0 Å². The molecule has 0 bridgehead atoms. The van der Waals surface area contributed by atoms with E-state index in [0.717, 1.165) is 37.1 Å². The number of aldehydes is 1. The molecular weight excluding hydrogens is 140 g/mol. The van der Waals surface area contributed by atoms with Gasteiger partial charge in [0.05, 0.1) is 5.70 Å². The molecule has 60 valence electrons. The molecule has 0 aromatic rings. The normalized spacial score (nSPS) is 20.1. The first kappa shape index (κ1) is 8.14. The summed E-state index contributed by atoms with van der Waals surface area (Å²) in [7, 11) is 2.01. The van der Waals surface area contributed by atoms with Crippen LogP contribution in [0, 0.1) is 0 Å². The van der Waals surface area contributed by atoms with Gasteiger partial charge in [0.2, 0.25) is 0 Å². The fourth-order valence-corrected chi connectivity index (χ4v) is 1.17. The van der Waals surface area contributed by atoms with Crippen molar-refractivity contribution in [2.45, 2.75) is 6.42 Å². The Hall–Kier alpha value is -0.960. The van der Waals surface area contributed by atoms with Gasteiger partial charge in [-0.3, -0.25) is 9.79 Å². The first-order chi connectivity index (χ1) is 5.27. The number of nitrogens with zero attached hydrogens (tertiary/aromatic N) is 2. The Balaban J connectivity index is 2.82. The molecule has 3 heteroatoms. The lowest BCUT2D eigenvalue weighted by atomic mass is 10.1. The molecule has 1 rings (SSSR count). The summed E-state index contributed by atoms with van der Waals surface area (Å²) in [4.78, 5) is 16.4. The largest absolute Gasteiger partial charge is 0.300 e. The van der Waals surface area contributed by atoms with Gasteiger partial charge in [0.1, 0.15) is 6.29 Å². The first-order valence-corrected chi connectivity index (χ1v) is 3.60. The van der Waals surface area contributed by atoms with E-state index in [9.17, 15) is 4.79 Å². The molecule has 0 radical (unpaired) electrons. The van der Waals surface area contributed by atoms with Crippen LogP contribution in [0.1, 0.15) is 6.42 Å². The average molecular weight is 152 g/mol. The topological polar surface area (TPSA) is 32.7 Å². The number of carbonyl (C=O) groups is 1. The molecule has 0 aromatic carbocycles. The van der Waals surface area contributed by atoms with Gasteiger partial charge in [-0.25, -0.2) is 0 Å². The lowest BCUT2D eigenvalue weighted by Crippen LogP contribution is -2.27. The van der Waals surface area contributed by atoms with Gasteiger partial charge in [-0.05, 0) is 20.2 Å². The Morgan fingerprint density at radius 1 is 1.73 bits per heavy atom. The number of carbonyl (C=O) groups excluding carboxylic acids is 1. The molecular formula is C8H12N2O. The molecule has 1 aliphatic rings. The lowest BCUT2D eigenvalue weighted by molar-refractivity contribution is -0.105. The van der Waals surface area contributed by atoms with Gasteiger partial charge in [0.25, 0.3) is 0 Å². The van der Waals surface area contributed by atoms with E-state index < -0.39 is 0 Å². The van der Waals surface area contributed by atoms with Crippen LogP contribution >= 0.6 is 0 Å². The predicted octanol–water partition coefficient (Wildman–Crippen LogP) is 0.476. The summed E-state index contributed by atoms with van der Waals surface area (Å²) in [6, 6.07) is 0. The molecule has 1 heterocycles. The van der Waals surface area contributed by atoms with Crippen molar-refractivity contribution in [3.8, 4) is 0 Å². The Bertz CT molecular complexity index is 208. The van der Waals surface area contributed by atoms with E-state index in [2.05, 4.69) is 16.6 Å². The molecule has 0 aliphatic carbocycles. The minimum atomic E-state index is 0.748. The summed E-state index contributed by atoms with van der Waals surface area (Å²) in [5.74, 6) is 0. The van der Waals surface area contributed by atoms with E-state index in [1.165, 1.54) is 0 Å². The van der Waals surface area contributed by atoms with E-state index in [4.69, 9.17) is 0 Å². The number of hydrogen-bond acceptors (Lipinski definition) is 3. The van der Waals surface area contributed by atoms with E-state index >= 15 is 0 Å². The molecule has 0 fully saturated rings. The number of hydrogen-bond donors (Lipinski definition) is 0. The molecule has 3 nitrogen and oxygen atoms in total. The maximum Gasteiger partial charge on any atom is 0.147 e. The van der Waals surface area contributed by atoms with Crippen LogP contribution < -0.4 is 0 Å². The number of rotatable bonds is 2. The van der Waals surface area contributed by atoms with Crippen molar-refractivity contribution < 1.29 is 4.79 Å². The maximum atomic E-state index is 10.5. The van der Waals surface area contributed by atoms with Crippen LogP contribution in [0.3, 0.4) is 0 Å². The Morgan fingerprint density at radius 2 is 2.45 bits per heavy atom. The third-order valence-electron chi connectivity index (χ3n) is 1.89. The smallest absolute Gasteiger partial charge is 0.147 e. The fraction of sp³-hybridized carbons (Fsp3) is 0.500. The quantitative estimate of drug-likeness (QED) is 0.426. The minimum absolute atomic E-state index is 0.748. The summed E-state index contributed by atoms with van der Waals surface area (Å²) in [6.07, 6.45) is 1.69. The van der Waals surface area contributed by atoms with Crippen molar-refractivity contribution in [3.05, 3.63) is 11.3 Å². The van der Waals surface area contributed by atoms with Gasteiger partial charge in [-0.1, -0.05) is 0 Å². The van der Waals surface area contributed by atoms with Crippen molar-refractivity contribution >= 4 is 13.0 Å². The summed E-state index contributed by atoms with van der Waals surface area (Å²) < 4.78 is 0.